The molecule has 1 aliphatic rings. The Kier molecular flexibility index (Phi) is 3.66. The zero-order valence-electron chi connectivity index (χ0n) is 11.3. The number of Topliss-reactive ketones (excluding diaryl/α,β-unsaturated/α-hetero) is 1. The highest BCUT2D eigenvalue weighted by molar-refractivity contribution is 9.10. The van der Waals surface area contributed by atoms with Crippen molar-refractivity contribution in [1.82, 2.24) is 0 Å². The molecule has 2 aromatic rings. The second-order valence-corrected chi connectivity index (χ2v) is 6.01. The minimum Gasteiger partial charge on any atom is -0.467 e. The predicted octanol–water partition coefficient (Wildman–Crippen LogP) is 4.41. The lowest BCUT2D eigenvalue weighted by molar-refractivity contribution is 0.101. The Morgan fingerprint density at radius 2 is 2.20 bits per heavy atom. The summed E-state index contributed by atoms with van der Waals surface area (Å²) in [5, 5.41) is 0. The number of furan rings is 1. The maximum atomic E-state index is 11.5. The summed E-state index contributed by atoms with van der Waals surface area (Å²) in [4.78, 5) is 13.8. The van der Waals surface area contributed by atoms with Gasteiger partial charge in [0.2, 0.25) is 0 Å². The Morgan fingerprint density at radius 3 is 2.75 bits per heavy atom. The van der Waals surface area contributed by atoms with Crippen LogP contribution in [0.25, 0.3) is 0 Å². The lowest BCUT2D eigenvalue weighted by atomic mass is 10.1. The minimum absolute atomic E-state index is 0.0763. The Bertz CT molecular complexity index is 617. The molecule has 1 saturated carbocycles. The van der Waals surface area contributed by atoms with Crippen molar-refractivity contribution in [2.75, 3.05) is 4.90 Å². The first-order chi connectivity index (χ1) is 9.65. The molecule has 4 heteroatoms. The van der Waals surface area contributed by atoms with Crippen LogP contribution in [0.2, 0.25) is 0 Å². The van der Waals surface area contributed by atoms with Gasteiger partial charge in [-0.05, 0) is 66.0 Å². The van der Waals surface area contributed by atoms with E-state index in [9.17, 15) is 4.79 Å². The van der Waals surface area contributed by atoms with Gasteiger partial charge in [-0.2, -0.15) is 0 Å². The van der Waals surface area contributed by atoms with Crippen molar-refractivity contribution in [3.63, 3.8) is 0 Å². The van der Waals surface area contributed by atoms with Gasteiger partial charge in [0.25, 0.3) is 0 Å². The molecule has 1 aromatic heterocycles. The minimum atomic E-state index is 0.0763. The van der Waals surface area contributed by atoms with Gasteiger partial charge in [0.05, 0.1) is 12.8 Å². The van der Waals surface area contributed by atoms with Crippen molar-refractivity contribution < 1.29 is 9.21 Å². The molecule has 3 nitrogen and oxygen atoms in total. The van der Waals surface area contributed by atoms with Gasteiger partial charge in [-0.1, -0.05) is 0 Å². The van der Waals surface area contributed by atoms with Crippen LogP contribution in [0.15, 0.2) is 45.5 Å². The number of hydrogen-bond acceptors (Lipinski definition) is 3. The highest BCUT2D eigenvalue weighted by Crippen LogP contribution is 2.35. The highest BCUT2D eigenvalue weighted by Gasteiger charge is 2.30. The number of rotatable bonds is 5. The standard InChI is InChI=1S/C16H16BrNO2/c1-11(19)15-7-6-13(9-16(15)17)18(12-4-5-12)10-14-3-2-8-20-14/h2-3,6-9,12H,4-5,10H2,1H3. The van der Waals surface area contributed by atoms with Gasteiger partial charge in [0.15, 0.2) is 5.78 Å². The fourth-order valence-corrected chi connectivity index (χ4v) is 3.00. The van der Waals surface area contributed by atoms with Gasteiger partial charge in [-0.3, -0.25) is 4.79 Å². The summed E-state index contributed by atoms with van der Waals surface area (Å²) in [7, 11) is 0. The third-order valence-corrected chi connectivity index (χ3v) is 4.21. The van der Waals surface area contributed by atoms with E-state index in [-0.39, 0.29) is 5.78 Å². The fourth-order valence-electron chi connectivity index (χ4n) is 2.36. The van der Waals surface area contributed by atoms with Crippen LogP contribution in [-0.2, 0) is 6.54 Å². The van der Waals surface area contributed by atoms with E-state index < -0.39 is 0 Å². The Morgan fingerprint density at radius 1 is 1.40 bits per heavy atom. The Hall–Kier alpha value is -1.55. The zero-order valence-corrected chi connectivity index (χ0v) is 12.9. The maximum Gasteiger partial charge on any atom is 0.160 e. The van der Waals surface area contributed by atoms with Crippen molar-refractivity contribution in [3.05, 3.63) is 52.4 Å². The van der Waals surface area contributed by atoms with Crippen molar-refractivity contribution in [1.29, 1.82) is 0 Å². The molecule has 0 aliphatic heterocycles. The fraction of sp³-hybridized carbons (Fsp3) is 0.312. The molecular weight excluding hydrogens is 318 g/mol. The van der Waals surface area contributed by atoms with E-state index in [1.54, 1.807) is 13.2 Å². The summed E-state index contributed by atoms with van der Waals surface area (Å²) < 4.78 is 6.30. The van der Waals surface area contributed by atoms with Gasteiger partial charge >= 0.3 is 0 Å². The molecule has 0 saturated heterocycles. The van der Waals surface area contributed by atoms with Crippen LogP contribution in [0.1, 0.15) is 35.9 Å². The van der Waals surface area contributed by atoms with Crippen molar-refractivity contribution in [2.24, 2.45) is 0 Å². The molecule has 0 amide bonds. The molecule has 0 radical (unpaired) electrons. The van der Waals surface area contributed by atoms with Crippen molar-refractivity contribution in [3.8, 4) is 0 Å². The normalized spacial score (nSPS) is 14.3. The van der Waals surface area contributed by atoms with E-state index in [0.29, 0.717) is 6.04 Å². The maximum absolute atomic E-state index is 11.5. The first-order valence-electron chi connectivity index (χ1n) is 6.74. The summed E-state index contributed by atoms with van der Waals surface area (Å²) in [5.74, 6) is 1.04. The van der Waals surface area contributed by atoms with E-state index in [2.05, 4.69) is 20.8 Å². The number of benzene rings is 1. The van der Waals surface area contributed by atoms with Crippen LogP contribution in [-0.4, -0.2) is 11.8 Å². The number of nitrogens with zero attached hydrogens (tertiary/aromatic N) is 1. The third-order valence-electron chi connectivity index (χ3n) is 3.56. The van der Waals surface area contributed by atoms with Crippen LogP contribution < -0.4 is 4.90 Å². The van der Waals surface area contributed by atoms with Gasteiger partial charge in [0, 0.05) is 21.8 Å². The zero-order chi connectivity index (χ0) is 14.1. The summed E-state index contributed by atoms with van der Waals surface area (Å²) in [5.41, 5.74) is 1.85. The number of anilines is 1. The quantitative estimate of drug-likeness (QED) is 0.759. The molecule has 1 fully saturated rings. The first kappa shape index (κ1) is 13.4. The first-order valence-corrected chi connectivity index (χ1v) is 7.54. The Balaban J connectivity index is 1.88. The van der Waals surface area contributed by atoms with Crippen LogP contribution in [0.3, 0.4) is 0 Å². The molecule has 0 N–H and O–H groups in total. The number of hydrogen-bond donors (Lipinski definition) is 0. The average Bonchev–Trinajstić information content (AvgIpc) is 3.12. The van der Waals surface area contributed by atoms with Crippen LogP contribution >= 0.6 is 15.9 Å². The van der Waals surface area contributed by atoms with Gasteiger partial charge in [-0.15, -0.1) is 0 Å². The molecular formula is C16H16BrNO2. The molecule has 0 atom stereocenters. The number of halogens is 1. The summed E-state index contributed by atoms with van der Waals surface area (Å²) in [6, 6.07) is 10.4. The molecule has 0 spiro atoms. The molecule has 104 valence electrons. The SMILES string of the molecule is CC(=O)c1ccc(N(Cc2ccco2)C2CC2)cc1Br. The summed E-state index contributed by atoms with van der Waals surface area (Å²) in [6.07, 6.45) is 4.13. The van der Waals surface area contributed by atoms with E-state index in [1.807, 2.05) is 30.3 Å². The highest BCUT2D eigenvalue weighted by atomic mass is 79.9. The summed E-state index contributed by atoms with van der Waals surface area (Å²) in [6.45, 7) is 2.35. The largest absolute Gasteiger partial charge is 0.467 e. The van der Waals surface area contributed by atoms with E-state index >= 15 is 0 Å². The van der Waals surface area contributed by atoms with Crippen LogP contribution in [0.4, 0.5) is 5.69 Å². The molecule has 0 bridgehead atoms. The molecule has 1 heterocycles. The smallest absolute Gasteiger partial charge is 0.160 e. The van der Waals surface area contributed by atoms with E-state index in [1.165, 1.54) is 12.8 Å². The van der Waals surface area contributed by atoms with Gasteiger partial charge in [0.1, 0.15) is 5.76 Å². The monoisotopic (exact) mass is 333 g/mol. The van der Waals surface area contributed by atoms with Crippen LogP contribution in [0, 0.1) is 0 Å². The van der Waals surface area contributed by atoms with Crippen molar-refractivity contribution >= 4 is 27.4 Å². The molecule has 1 aromatic carbocycles. The second kappa shape index (κ2) is 5.44. The topological polar surface area (TPSA) is 33.5 Å². The molecule has 20 heavy (non-hydrogen) atoms. The lowest BCUT2D eigenvalue weighted by Gasteiger charge is -2.24. The number of carbonyl (C=O) groups is 1. The third kappa shape index (κ3) is 2.80. The number of carbonyl (C=O) groups excluding carboxylic acids is 1. The van der Waals surface area contributed by atoms with Crippen molar-refractivity contribution in [2.45, 2.75) is 32.4 Å². The van der Waals surface area contributed by atoms with Gasteiger partial charge in [-0.25, -0.2) is 0 Å². The number of ketones is 1. The second-order valence-electron chi connectivity index (χ2n) is 5.16. The molecule has 0 unspecified atom stereocenters. The summed E-state index contributed by atoms with van der Waals surface area (Å²) >= 11 is 3.49. The Labute approximate surface area is 126 Å². The molecule has 1 aliphatic carbocycles. The van der Waals surface area contributed by atoms with E-state index in [0.717, 1.165) is 28.0 Å². The molecule has 3 rings (SSSR count). The lowest BCUT2D eigenvalue weighted by Crippen LogP contribution is -2.24. The predicted molar refractivity (Wildman–Crippen MR) is 82.1 cm³/mol. The van der Waals surface area contributed by atoms with E-state index in [4.69, 9.17) is 4.42 Å². The average molecular weight is 334 g/mol. The van der Waals surface area contributed by atoms with Crippen LogP contribution in [0.5, 0.6) is 0 Å². The van der Waals surface area contributed by atoms with Gasteiger partial charge < -0.3 is 9.32 Å².